The van der Waals surface area contributed by atoms with E-state index in [0.717, 1.165) is 57.2 Å². The lowest BCUT2D eigenvalue weighted by atomic mass is 9.96. The normalized spacial score (nSPS) is 14.0. The molecule has 380 valence electrons. The highest BCUT2D eigenvalue weighted by Crippen LogP contribution is 2.32. The topological polar surface area (TPSA) is 265 Å². The number of rotatable bonds is 11. The van der Waals surface area contributed by atoms with Gasteiger partial charge >= 0.3 is 5.97 Å². The number of amides is 3. The fourth-order valence-electron chi connectivity index (χ4n) is 9.09. The van der Waals surface area contributed by atoms with Crippen molar-refractivity contribution in [2.24, 2.45) is 19.8 Å². The van der Waals surface area contributed by atoms with Crippen molar-refractivity contribution in [3.63, 3.8) is 0 Å². The van der Waals surface area contributed by atoms with Gasteiger partial charge in [0, 0.05) is 74.0 Å². The molecule has 6 heterocycles. The number of para-hydroxylation sites is 2. The molecular weight excluding hydrogens is 937 g/mol. The molecule has 2 aliphatic rings. The summed E-state index contributed by atoms with van der Waals surface area (Å²) in [7, 11) is 6.80. The molecule has 2 fully saturated rings. The molecule has 4 aromatic heterocycles. The van der Waals surface area contributed by atoms with Gasteiger partial charge in [-0.05, 0) is 75.9 Å². The predicted octanol–water partition coefficient (Wildman–Crippen LogP) is 6.07. The van der Waals surface area contributed by atoms with Crippen LogP contribution in [0.4, 0.5) is 0 Å². The van der Waals surface area contributed by atoms with Crippen molar-refractivity contribution < 1.29 is 42.8 Å². The number of piperidine rings is 2. The van der Waals surface area contributed by atoms with Gasteiger partial charge in [-0.1, -0.05) is 58.8 Å². The monoisotopic (exact) mass is 994 g/mol. The van der Waals surface area contributed by atoms with Crippen molar-refractivity contribution in [2.45, 2.75) is 51.4 Å². The molecule has 21 heteroatoms. The van der Waals surface area contributed by atoms with Crippen LogP contribution in [0.5, 0.6) is 11.5 Å². The van der Waals surface area contributed by atoms with Gasteiger partial charge in [0.25, 0.3) is 5.91 Å². The van der Waals surface area contributed by atoms with E-state index >= 15 is 0 Å². The van der Waals surface area contributed by atoms with Crippen molar-refractivity contribution in [1.29, 1.82) is 0 Å². The Labute approximate surface area is 420 Å². The van der Waals surface area contributed by atoms with Crippen molar-refractivity contribution in [2.75, 3.05) is 53.5 Å². The zero-order chi connectivity index (χ0) is 51.8. The van der Waals surface area contributed by atoms with E-state index in [1.807, 2.05) is 73.7 Å². The van der Waals surface area contributed by atoms with Gasteiger partial charge in [-0.3, -0.25) is 23.7 Å². The minimum absolute atomic E-state index is 0.00515. The van der Waals surface area contributed by atoms with E-state index in [0.29, 0.717) is 79.5 Å². The molecule has 0 atom stereocenters. The van der Waals surface area contributed by atoms with E-state index in [2.05, 4.69) is 35.8 Å². The number of carboxylic acid groups (broad SMARTS) is 1. The second-order valence-corrected chi connectivity index (χ2v) is 17.7. The summed E-state index contributed by atoms with van der Waals surface area (Å²) >= 11 is 0. The maximum Gasteiger partial charge on any atom is 0.339 e. The van der Waals surface area contributed by atoms with Crippen molar-refractivity contribution in [3.05, 3.63) is 119 Å². The summed E-state index contributed by atoms with van der Waals surface area (Å²) in [5, 5.41) is 30.8. The van der Waals surface area contributed by atoms with E-state index in [-0.39, 0.29) is 48.2 Å². The van der Waals surface area contributed by atoms with Crippen molar-refractivity contribution in [3.8, 4) is 34.3 Å². The third-order valence-electron chi connectivity index (χ3n) is 13.1. The summed E-state index contributed by atoms with van der Waals surface area (Å²) in [4.78, 5) is 60.1. The van der Waals surface area contributed by atoms with Crippen LogP contribution in [0.25, 0.3) is 44.6 Å². The number of nitrogens with zero attached hydrogens (tertiary/aromatic N) is 10. The largest absolute Gasteiger partial charge is 0.496 e. The number of fused-ring (bicyclic) bond motifs is 2. The number of carbonyl (C=O) groups is 4. The zero-order valence-electron chi connectivity index (χ0n) is 41.6. The van der Waals surface area contributed by atoms with E-state index in [1.165, 1.54) is 20.3 Å². The highest BCUT2D eigenvalue weighted by atomic mass is 16.5. The smallest absolute Gasteiger partial charge is 0.339 e. The number of nitrogens with two attached hydrogens (primary N) is 1. The lowest BCUT2D eigenvalue weighted by Crippen LogP contribution is -2.43. The van der Waals surface area contributed by atoms with Gasteiger partial charge in [0.2, 0.25) is 35.2 Å². The third kappa shape index (κ3) is 11.5. The Hall–Kier alpha value is -8.46. The van der Waals surface area contributed by atoms with E-state index < -0.39 is 5.97 Å². The van der Waals surface area contributed by atoms with Crippen LogP contribution in [0.15, 0.2) is 94.0 Å². The number of aromatic carboxylic acids is 1. The Morgan fingerprint density at radius 1 is 0.658 bits per heavy atom. The maximum atomic E-state index is 12.7. The Bertz CT molecular complexity index is 3250. The summed E-state index contributed by atoms with van der Waals surface area (Å²) in [6.07, 6.45) is 3.06. The molecule has 0 radical (unpaired) electrons. The first-order valence-corrected chi connectivity index (χ1v) is 23.8. The number of aromatic nitrogens is 8. The molecule has 4 N–H and O–H groups in total. The van der Waals surface area contributed by atoms with Gasteiger partial charge in [-0.15, -0.1) is 0 Å². The average Bonchev–Trinajstić information content (AvgIpc) is 4.24. The molecule has 0 saturated carbocycles. The van der Waals surface area contributed by atoms with E-state index in [1.54, 1.807) is 52.3 Å². The summed E-state index contributed by atoms with van der Waals surface area (Å²) in [5.41, 5.74) is 11.8. The standard InChI is InChI=1S/C26H28N6O4.C18H22N6O2.C8H8O3/c1-16-19-9-8-18(14-21(19)31(2)29-16)24-28-26(36-30-24)17-10-12-32(13-11-17)23(33)15-27-25(34)20-6-4-5-7-22(20)35-3;1-11-14-4-3-13(9-15(14)23(2)21-11)17-20-18(26-22-17)12-5-7-24(8-6-12)16(25)10-19;1-11-7-5-3-2-4-6(7)8(9)10/h4-9,14,17H,10-13,15H2,1-3H3,(H,27,34);3-4,9,12H,5-8,10,19H2,1-2H3;2-5H,1H3,(H,9,10). The van der Waals surface area contributed by atoms with Crippen molar-refractivity contribution >= 4 is 45.5 Å². The number of aryl methyl sites for hydroxylation is 4. The molecule has 2 saturated heterocycles. The SMILES string of the molecule is COc1ccccc1C(=O)NCC(=O)N1CCC(c2nc(-c3ccc4c(C)nn(C)c4c3)no2)CC1.COc1ccccc1C(=O)O.Cc1nn(C)c2cc(-c3noc(C4CCN(C(=O)CN)CC4)n3)ccc12. The van der Waals surface area contributed by atoms with Crippen LogP contribution in [0.2, 0.25) is 0 Å². The number of hydrogen-bond donors (Lipinski definition) is 3. The van der Waals surface area contributed by atoms with Crippen LogP contribution in [0.3, 0.4) is 0 Å². The van der Waals surface area contributed by atoms with Gasteiger partial charge in [0.1, 0.15) is 17.1 Å². The number of methoxy groups -OCH3 is 2. The lowest BCUT2D eigenvalue weighted by molar-refractivity contribution is -0.131. The first-order chi connectivity index (χ1) is 35.3. The second kappa shape index (κ2) is 22.7. The maximum absolute atomic E-state index is 12.7. The molecule has 73 heavy (non-hydrogen) atoms. The Morgan fingerprint density at radius 3 is 1.53 bits per heavy atom. The van der Waals surface area contributed by atoms with Crippen LogP contribution < -0.4 is 20.5 Å². The number of ether oxygens (including phenoxy) is 2. The number of carbonyl (C=O) groups excluding carboxylic acids is 3. The molecule has 10 rings (SSSR count). The van der Waals surface area contributed by atoms with Crippen LogP contribution in [0.1, 0.15) is 81.4 Å². The minimum Gasteiger partial charge on any atom is -0.496 e. The Kier molecular flexibility index (Phi) is 15.9. The minimum atomic E-state index is -0.970. The molecule has 0 unspecified atom stereocenters. The van der Waals surface area contributed by atoms with Crippen LogP contribution in [-0.4, -0.2) is 132 Å². The molecule has 3 amide bonds. The third-order valence-corrected chi connectivity index (χ3v) is 13.1. The lowest BCUT2D eigenvalue weighted by Gasteiger charge is -2.30. The Balaban J connectivity index is 0.000000167. The summed E-state index contributed by atoms with van der Waals surface area (Å²) in [5.74, 6) is 2.04. The highest BCUT2D eigenvalue weighted by Gasteiger charge is 2.29. The van der Waals surface area contributed by atoms with Gasteiger partial charge in [0.15, 0.2) is 0 Å². The number of benzene rings is 4. The molecule has 4 aromatic carbocycles. The molecular formula is C52H58N12O9. The molecule has 8 aromatic rings. The number of nitrogens with one attached hydrogen (secondary N) is 1. The fourth-order valence-corrected chi connectivity index (χ4v) is 9.09. The molecule has 0 aliphatic carbocycles. The average molecular weight is 995 g/mol. The number of likely N-dealkylation sites (tertiary alicyclic amines) is 2. The van der Waals surface area contributed by atoms with Crippen LogP contribution in [0, 0.1) is 13.8 Å². The second-order valence-electron chi connectivity index (χ2n) is 17.7. The number of hydrogen-bond acceptors (Lipinski definition) is 15. The molecule has 21 nitrogen and oxygen atoms in total. The van der Waals surface area contributed by atoms with Gasteiger partial charge in [0.05, 0.1) is 55.3 Å². The highest BCUT2D eigenvalue weighted by molar-refractivity contribution is 5.99. The summed E-state index contributed by atoms with van der Waals surface area (Å²) < 4.78 is 24.9. The first kappa shape index (κ1) is 50.9. The van der Waals surface area contributed by atoms with E-state index in [4.69, 9.17) is 29.4 Å². The summed E-state index contributed by atoms with van der Waals surface area (Å²) in [6.45, 7) is 6.46. The van der Waals surface area contributed by atoms with Gasteiger partial charge in [-0.2, -0.15) is 20.2 Å². The molecule has 0 bridgehead atoms. The van der Waals surface area contributed by atoms with Gasteiger partial charge < -0.3 is 44.5 Å². The van der Waals surface area contributed by atoms with E-state index in [9.17, 15) is 19.2 Å². The summed E-state index contributed by atoms with van der Waals surface area (Å²) in [6, 6.07) is 25.5. The first-order valence-electron chi connectivity index (χ1n) is 23.8. The van der Waals surface area contributed by atoms with Gasteiger partial charge in [-0.25, -0.2) is 4.79 Å². The Morgan fingerprint density at radius 2 is 1.10 bits per heavy atom. The quantitative estimate of drug-likeness (QED) is 0.133. The van der Waals surface area contributed by atoms with Crippen molar-refractivity contribution in [1.82, 2.24) is 55.0 Å². The molecule has 0 spiro atoms. The number of carboxylic acids is 1. The fraction of sp³-hybridized carbons (Fsp3) is 0.346. The van der Waals surface area contributed by atoms with Crippen LogP contribution in [-0.2, 0) is 23.7 Å². The predicted molar refractivity (Wildman–Crippen MR) is 269 cm³/mol. The van der Waals surface area contributed by atoms with Crippen LogP contribution >= 0.6 is 0 Å². The molecule has 2 aliphatic heterocycles. The zero-order valence-corrected chi connectivity index (χ0v) is 41.6.